The molecule has 23 heavy (non-hydrogen) atoms. The zero-order valence-electron chi connectivity index (χ0n) is 13.4. The highest BCUT2D eigenvalue weighted by atomic mass is 16.4. The Labute approximate surface area is 136 Å². The summed E-state index contributed by atoms with van der Waals surface area (Å²) < 4.78 is 0. The summed E-state index contributed by atoms with van der Waals surface area (Å²) in [7, 11) is -1.38. The Morgan fingerprint density at radius 2 is 1.91 bits per heavy atom. The summed E-state index contributed by atoms with van der Waals surface area (Å²) in [5.74, 6) is -2.28. The Bertz CT molecular complexity index is 409. The third-order valence-electron chi connectivity index (χ3n) is 4.49. The number of hydrogen-bond donors (Lipinski definition) is 5. The third-order valence-corrected chi connectivity index (χ3v) is 4.49. The first-order valence-electron chi connectivity index (χ1n) is 8.08. The largest absolute Gasteiger partial charge is 0.481 e. The molecule has 1 heterocycles. The number of unbranched alkanes of at least 4 members (excludes halogenated alkanes) is 1. The molecule has 0 spiro atoms. The number of carboxylic acids is 2. The van der Waals surface area contributed by atoms with Crippen molar-refractivity contribution in [2.45, 2.75) is 50.4 Å². The number of rotatable bonds is 10. The van der Waals surface area contributed by atoms with Gasteiger partial charge in [0.25, 0.3) is 0 Å². The van der Waals surface area contributed by atoms with E-state index in [4.69, 9.17) is 20.9 Å². The molecular formula is C14H27BN2O6. The van der Waals surface area contributed by atoms with Crippen molar-refractivity contribution in [2.24, 2.45) is 11.7 Å². The van der Waals surface area contributed by atoms with Gasteiger partial charge in [-0.1, -0.05) is 12.8 Å². The minimum atomic E-state index is -1.38. The van der Waals surface area contributed by atoms with E-state index in [0.717, 1.165) is 13.0 Å². The number of nitrogens with zero attached hydrogens (tertiary/aromatic N) is 1. The summed E-state index contributed by atoms with van der Waals surface area (Å²) in [4.78, 5) is 24.5. The number of carbonyl (C=O) groups is 2. The maximum absolute atomic E-state index is 11.5. The predicted octanol–water partition coefficient (Wildman–Crippen LogP) is -0.402. The normalized spacial score (nSPS) is 21.6. The lowest BCUT2D eigenvalue weighted by Crippen LogP contribution is -2.51. The molecule has 0 aromatic rings. The fourth-order valence-corrected chi connectivity index (χ4v) is 2.92. The maximum Gasteiger partial charge on any atom is 0.451 e. The van der Waals surface area contributed by atoms with E-state index >= 15 is 0 Å². The molecular weight excluding hydrogens is 303 g/mol. The average molecular weight is 330 g/mol. The van der Waals surface area contributed by atoms with Crippen molar-refractivity contribution in [1.82, 2.24) is 4.90 Å². The Kier molecular flexibility index (Phi) is 7.97. The molecule has 0 aliphatic carbocycles. The van der Waals surface area contributed by atoms with Crippen LogP contribution in [0.15, 0.2) is 0 Å². The minimum absolute atomic E-state index is 0.197. The van der Waals surface area contributed by atoms with Gasteiger partial charge in [-0.05, 0) is 38.5 Å². The quantitative estimate of drug-likeness (QED) is 0.269. The number of carboxylic acid groups (broad SMARTS) is 2. The molecule has 1 aliphatic heterocycles. The second-order valence-electron chi connectivity index (χ2n) is 6.42. The highest BCUT2D eigenvalue weighted by Crippen LogP contribution is 2.21. The van der Waals surface area contributed by atoms with E-state index in [2.05, 4.69) is 0 Å². The number of nitrogens with two attached hydrogens (primary N) is 1. The number of likely N-dealkylation sites (tertiary alicyclic amines) is 1. The summed E-state index contributed by atoms with van der Waals surface area (Å²) in [5, 5.41) is 36.0. The second kappa shape index (κ2) is 9.22. The summed E-state index contributed by atoms with van der Waals surface area (Å²) >= 11 is 0. The van der Waals surface area contributed by atoms with E-state index in [1.165, 1.54) is 0 Å². The zero-order valence-corrected chi connectivity index (χ0v) is 13.4. The first kappa shape index (κ1) is 19.9. The monoisotopic (exact) mass is 330 g/mol. The van der Waals surface area contributed by atoms with E-state index in [1.807, 2.05) is 4.90 Å². The fraction of sp³-hybridized carbons (Fsp3) is 0.857. The van der Waals surface area contributed by atoms with Crippen LogP contribution in [0.3, 0.4) is 0 Å². The van der Waals surface area contributed by atoms with Crippen LogP contribution in [-0.4, -0.2) is 69.4 Å². The van der Waals surface area contributed by atoms with Crippen molar-refractivity contribution in [2.75, 3.05) is 19.6 Å². The van der Waals surface area contributed by atoms with Crippen molar-refractivity contribution < 1.29 is 29.9 Å². The van der Waals surface area contributed by atoms with Crippen LogP contribution in [0, 0.1) is 5.92 Å². The van der Waals surface area contributed by atoms with Crippen LogP contribution in [0.5, 0.6) is 0 Å². The van der Waals surface area contributed by atoms with Gasteiger partial charge in [0.05, 0.1) is 5.92 Å². The number of hydrogen-bond acceptors (Lipinski definition) is 6. The number of piperidine rings is 1. The lowest BCUT2D eigenvalue weighted by molar-refractivity contribution is -0.146. The Balaban J connectivity index is 2.45. The molecule has 1 aliphatic rings. The lowest BCUT2D eigenvalue weighted by Gasteiger charge is -2.33. The molecule has 1 fully saturated rings. The molecule has 1 rings (SSSR count). The highest BCUT2D eigenvalue weighted by molar-refractivity contribution is 6.40. The molecule has 2 atom stereocenters. The highest BCUT2D eigenvalue weighted by Gasteiger charge is 2.34. The van der Waals surface area contributed by atoms with E-state index in [9.17, 15) is 14.7 Å². The van der Waals surface area contributed by atoms with Gasteiger partial charge in [-0.15, -0.1) is 0 Å². The van der Waals surface area contributed by atoms with Crippen molar-refractivity contribution in [3.8, 4) is 0 Å². The average Bonchev–Trinajstić information content (AvgIpc) is 2.49. The van der Waals surface area contributed by atoms with E-state index in [0.29, 0.717) is 32.4 Å². The van der Waals surface area contributed by atoms with E-state index < -0.39 is 30.5 Å². The van der Waals surface area contributed by atoms with E-state index in [-0.39, 0.29) is 19.2 Å². The van der Waals surface area contributed by atoms with Crippen LogP contribution in [0.1, 0.15) is 38.5 Å². The molecule has 132 valence electrons. The first-order chi connectivity index (χ1) is 10.7. The molecule has 1 saturated heterocycles. The van der Waals surface area contributed by atoms with Crippen molar-refractivity contribution in [3.05, 3.63) is 0 Å². The molecule has 0 aromatic heterocycles. The van der Waals surface area contributed by atoms with Gasteiger partial charge in [0.15, 0.2) is 0 Å². The molecule has 0 radical (unpaired) electrons. The first-order valence-corrected chi connectivity index (χ1v) is 8.08. The van der Waals surface area contributed by atoms with Crippen LogP contribution < -0.4 is 5.73 Å². The summed E-state index contributed by atoms with van der Waals surface area (Å²) in [6.07, 6.45) is 3.13. The van der Waals surface area contributed by atoms with Crippen molar-refractivity contribution in [1.29, 1.82) is 0 Å². The summed E-state index contributed by atoms with van der Waals surface area (Å²) in [5.41, 5.74) is 4.64. The fourth-order valence-electron chi connectivity index (χ4n) is 2.92. The predicted molar refractivity (Wildman–Crippen MR) is 84.8 cm³/mol. The standard InChI is InChI=1S/C14H27BN2O6/c16-14(13(20)21,5-1-2-7-15(22)23)6-9-17-8-3-4-11(10-17)12(18)19/h11,22-23H,1-10,16H2,(H,18,19)(H,20,21)/t11?,14-/m1/s1. The van der Waals surface area contributed by atoms with Crippen molar-refractivity contribution in [3.63, 3.8) is 0 Å². The van der Waals surface area contributed by atoms with Crippen molar-refractivity contribution >= 4 is 19.1 Å². The van der Waals surface area contributed by atoms with Gasteiger partial charge < -0.3 is 30.9 Å². The molecule has 1 unspecified atom stereocenters. The van der Waals surface area contributed by atoms with Gasteiger partial charge in [0, 0.05) is 13.1 Å². The van der Waals surface area contributed by atoms with Crippen LogP contribution in [0.25, 0.3) is 0 Å². The van der Waals surface area contributed by atoms with Gasteiger partial charge in [-0.2, -0.15) is 0 Å². The Morgan fingerprint density at radius 3 is 2.48 bits per heavy atom. The molecule has 0 aromatic carbocycles. The minimum Gasteiger partial charge on any atom is -0.481 e. The van der Waals surface area contributed by atoms with Gasteiger partial charge in [-0.25, -0.2) is 0 Å². The molecule has 0 amide bonds. The topological polar surface area (TPSA) is 144 Å². The maximum atomic E-state index is 11.5. The SMILES string of the molecule is N[C@](CCCCB(O)O)(CCN1CCCC(C(=O)O)C1)C(=O)O. The zero-order chi connectivity index (χ0) is 17.5. The van der Waals surface area contributed by atoms with E-state index in [1.54, 1.807) is 0 Å². The summed E-state index contributed by atoms with van der Waals surface area (Å²) in [6, 6.07) is 0. The van der Waals surface area contributed by atoms with Crippen LogP contribution in [0.2, 0.25) is 6.32 Å². The van der Waals surface area contributed by atoms with Gasteiger partial charge in [0.1, 0.15) is 5.54 Å². The lowest BCUT2D eigenvalue weighted by atomic mass is 9.81. The second-order valence-corrected chi connectivity index (χ2v) is 6.42. The van der Waals surface area contributed by atoms with Crippen LogP contribution in [-0.2, 0) is 9.59 Å². The molecule has 6 N–H and O–H groups in total. The van der Waals surface area contributed by atoms with Gasteiger partial charge in [0.2, 0.25) is 0 Å². The smallest absolute Gasteiger partial charge is 0.451 e. The Hall–Kier alpha value is -1.16. The van der Waals surface area contributed by atoms with Gasteiger partial charge >= 0.3 is 19.1 Å². The molecule has 9 heteroatoms. The third kappa shape index (κ3) is 6.86. The molecule has 8 nitrogen and oxygen atoms in total. The summed E-state index contributed by atoms with van der Waals surface area (Å²) in [6.45, 7) is 1.65. The van der Waals surface area contributed by atoms with Gasteiger partial charge in [-0.3, -0.25) is 9.59 Å². The van der Waals surface area contributed by atoms with Crippen LogP contribution in [0.4, 0.5) is 0 Å². The molecule has 0 saturated carbocycles. The van der Waals surface area contributed by atoms with Crippen LogP contribution >= 0.6 is 0 Å². The number of aliphatic carboxylic acids is 2. The molecule has 0 bridgehead atoms. The Morgan fingerprint density at radius 1 is 1.22 bits per heavy atom.